The Bertz CT molecular complexity index is 1500. The fourth-order valence-electron chi connectivity index (χ4n) is 6.01. The van der Waals surface area contributed by atoms with Crippen LogP contribution in [0.3, 0.4) is 0 Å². The van der Waals surface area contributed by atoms with E-state index in [2.05, 4.69) is 41.0 Å². The van der Waals surface area contributed by atoms with E-state index in [4.69, 9.17) is 5.73 Å². The molecule has 40 heavy (non-hydrogen) atoms. The molecule has 2 unspecified atom stereocenters. The Morgan fingerprint density at radius 3 is 2.58 bits per heavy atom. The molecule has 0 saturated carbocycles. The minimum absolute atomic E-state index is 0.0297. The van der Waals surface area contributed by atoms with Gasteiger partial charge in [0.05, 0.1) is 11.3 Å². The number of aromatic amines is 1. The summed E-state index contributed by atoms with van der Waals surface area (Å²) in [5, 5.41) is 2.88. The average Bonchev–Trinajstić information content (AvgIpc) is 3.29. The van der Waals surface area contributed by atoms with Gasteiger partial charge in [0.2, 0.25) is 11.8 Å². The number of carbonyl (C=O) groups excluding carboxylic acids is 3. The van der Waals surface area contributed by atoms with Gasteiger partial charge < -0.3 is 20.9 Å². The van der Waals surface area contributed by atoms with Crippen molar-refractivity contribution in [1.82, 2.24) is 9.88 Å². The van der Waals surface area contributed by atoms with E-state index in [1.54, 1.807) is 0 Å². The number of nitrogens with one attached hydrogen (secondary N) is 2. The molecule has 1 saturated heterocycles. The molecule has 0 bridgehead atoms. The van der Waals surface area contributed by atoms with E-state index in [1.807, 2.05) is 49.4 Å². The second kappa shape index (κ2) is 11.5. The molecule has 1 fully saturated rings. The maximum absolute atomic E-state index is 13.2. The molecule has 2 heterocycles. The molecule has 2 aliphatic rings. The van der Waals surface area contributed by atoms with Crippen molar-refractivity contribution >= 4 is 28.9 Å². The van der Waals surface area contributed by atoms with E-state index in [0.29, 0.717) is 17.7 Å². The maximum Gasteiger partial charge on any atom is 0.250 e. The number of anilines is 1. The van der Waals surface area contributed by atoms with Crippen molar-refractivity contribution in [1.29, 1.82) is 0 Å². The Hall–Kier alpha value is -4.23. The number of primary amides is 1. The Balaban J connectivity index is 1.46. The molecule has 1 aliphatic carbocycles. The summed E-state index contributed by atoms with van der Waals surface area (Å²) in [5.74, 6) is -0.499. The number of nitrogens with zero attached hydrogens (tertiary/aromatic N) is 1. The zero-order valence-corrected chi connectivity index (χ0v) is 23.1. The predicted molar refractivity (Wildman–Crippen MR) is 159 cm³/mol. The van der Waals surface area contributed by atoms with Crippen LogP contribution in [0.25, 0.3) is 16.8 Å². The number of benzene rings is 2. The molecule has 2 atom stereocenters. The van der Waals surface area contributed by atoms with E-state index in [0.717, 1.165) is 71.6 Å². The number of allylic oxidation sites excluding steroid dienone is 1. The molecular weight excluding hydrogens is 500 g/mol. The van der Waals surface area contributed by atoms with Gasteiger partial charge in [-0.25, -0.2) is 0 Å². The van der Waals surface area contributed by atoms with Crippen LogP contribution in [0.5, 0.6) is 0 Å². The summed E-state index contributed by atoms with van der Waals surface area (Å²) in [6, 6.07) is 15.7. The van der Waals surface area contributed by atoms with Crippen LogP contribution in [0, 0.1) is 12.8 Å². The Morgan fingerprint density at radius 1 is 1.07 bits per heavy atom. The quantitative estimate of drug-likeness (QED) is 0.276. The van der Waals surface area contributed by atoms with Crippen LogP contribution in [0.4, 0.5) is 5.69 Å². The Kier molecular flexibility index (Phi) is 7.85. The molecule has 2 aromatic carbocycles. The SMILES string of the molecule is C=CC(=O)Nc1cccc(C2CC=C(C(N)=O)c3[nH]c(-c4ccc(C(=O)C5CCCN(C)CC5)cc4)cc32)c1C. The number of Topliss-reactive ketones (excluding diaryl/α,β-unsaturated/α-hetero) is 1. The molecule has 0 radical (unpaired) electrons. The standard InChI is InChI=1S/C33H36N4O3/c1-4-30(38)35-28-9-5-8-24(20(28)2)25-14-15-26(33(34)40)31-27(25)19-29(36-31)21-10-12-23(13-11-21)32(39)22-7-6-17-37(3)18-16-22/h4-5,8-13,15,19,22,25,36H,1,6-7,14,16-18H2,2-3H3,(H2,34,40)(H,35,38). The Labute approximate surface area is 235 Å². The first-order chi connectivity index (χ1) is 19.3. The summed E-state index contributed by atoms with van der Waals surface area (Å²) in [6.45, 7) is 7.51. The van der Waals surface area contributed by atoms with E-state index in [-0.39, 0.29) is 23.5 Å². The first kappa shape index (κ1) is 27.3. The smallest absolute Gasteiger partial charge is 0.250 e. The molecule has 206 valence electrons. The molecule has 1 aromatic heterocycles. The highest BCUT2D eigenvalue weighted by Crippen LogP contribution is 2.42. The van der Waals surface area contributed by atoms with Crippen LogP contribution in [-0.2, 0) is 9.59 Å². The van der Waals surface area contributed by atoms with Gasteiger partial charge in [0, 0.05) is 28.8 Å². The monoisotopic (exact) mass is 536 g/mol. The predicted octanol–water partition coefficient (Wildman–Crippen LogP) is 5.43. The zero-order valence-electron chi connectivity index (χ0n) is 23.1. The number of rotatable bonds is 7. The fourth-order valence-corrected chi connectivity index (χ4v) is 6.01. The number of hydrogen-bond donors (Lipinski definition) is 3. The van der Waals surface area contributed by atoms with Crippen molar-refractivity contribution in [3.05, 3.63) is 95.2 Å². The molecular formula is C33H36N4O3. The van der Waals surface area contributed by atoms with Crippen molar-refractivity contribution in [2.45, 2.75) is 38.5 Å². The van der Waals surface area contributed by atoms with Gasteiger partial charge in [-0.15, -0.1) is 0 Å². The highest BCUT2D eigenvalue weighted by atomic mass is 16.2. The van der Waals surface area contributed by atoms with Crippen molar-refractivity contribution in [3.8, 4) is 11.3 Å². The van der Waals surface area contributed by atoms with Gasteiger partial charge >= 0.3 is 0 Å². The van der Waals surface area contributed by atoms with Gasteiger partial charge in [0.25, 0.3) is 0 Å². The molecule has 7 nitrogen and oxygen atoms in total. The summed E-state index contributed by atoms with van der Waals surface area (Å²) in [5.41, 5.74) is 13.2. The number of nitrogens with two attached hydrogens (primary N) is 1. The van der Waals surface area contributed by atoms with Crippen LogP contribution in [0.1, 0.15) is 64.3 Å². The van der Waals surface area contributed by atoms with Crippen LogP contribution in [0.15, 0.2) is 67.3 Å². The topological polar surface area (TPSA) is 108 Å². The van der Waals surface area contributed by atoms with Gasteiger partial charge in [0.15, 0.2) is 5.78 Å². The minimum atomic E-state index is -0.480. The number of aromatic nitrogens is 1. The maximum atomic E-state index is 13.2. The number of carbonyl (C=O) groups is 3. The van der Waals surface area contributed by atoms with Crippen molar-refractivity contribution < 1.29 is 14.4 Å². The van der Waals surface area contributed by atoms with Crippen molar-refractivity contribution in [2.75, 3.05) is 25.5 Å². The lowest BCUT2D eigenvalue weighted by Gasteiger charge is -2.24. The normalized spacial score (nSPS) is 19.2. The number of ketones is 1. The highest BCUT2D eigenvalue weighted by molar-refractivity contribution is 6.19. The van der Waals surface area contributed by atoms with Crippen LogP contribution >= 0.6 is 0 Å². The lowest BCUT2D eigenvalue weighted by atomic mass is 9.80. The van der Waals surface area contributed by atoms with Crippen molar-refractivity contribution in [3.63, 3.8) is 0 Å². The number of likely N-dealkylation sites (tertiary alicyclic amines) is 1. The van der Waals surface area contributed by atoms with E-state index >= 15 is 0 Å². The van der Waals surface area contributed by atoms with E-state index in [9.17, 15) is 14.4 Å². The summed E-state index contributed by atoms with van der Waals surface area (Å²) < 4.78 is 0. The molecule has 7 heteroatoms. The van der Waals surface area contributed by atoms with Gasteiger partial charge in [0.1, 0.15) is 0 Å². The highest BCUT2D eigenvalue weighted by Gasteiger charge is 2.29. The number of H-pyrrole nitrogens is 1. The molecule has 0 spiro atoms. The summed E-state index contributed by atoms with van der Waals surface area (Å²) in [7, 11) is 2.11. The van der Waals surface area contributed by atoms with Crippen LogP contribution in [-0.4, -0.2) is 47.6 Å². The second-order valence-corrected chi connectivity index (χ2v) is 10.9. The fraction of sp³-hybridized carbons (Fsp3) is 0.303. The zero-order chi connectivity index (χ0) is 28.4. The third-order valence-electron chi connectivity index (χ3n) is 8.31. The second-order valence-electron chi connectivity index (χ2n) is 10.9. The molecule has 5 rings (SSSR count). The summed E-state index contributed by atoms with van der Waals surface area (Å²) in [4.78, 5) is 43.2. The first-order valence-corrected chi connectivity index (χ1v) is 13.9. The number of hydrogen-bond acceptors (Lipinski definition) is 4. The van der Waals surface area contributed by atoms with E-state index < -0.39 is 5.91 Å². The first-order valence-electron chi connectivity index (χ1n) is 13.9. The van der Waals surface area contributed by atoms with Gasteiger partial charge in [-0.05, 0) is 93.2 Å². The lowest BCUT2D eigenvalue weighted by Crippen LogP contribution is -2.20. The number of amides is 2. The molecule has 1 aliphatic heterocycles. The average molecular weight is 537 g/mol. The van der Waals surface area contributed by atoms with Crippen molar-refractivity contribution in [2.24, 2.45) is 11.7 Å². The number of fused-ring (bicyclic) bond motifs is 1. The largest absolute Gasteiger partial charge is 0.366 e. The third-order valence-corrected chi connectivity index (χ3v) is 8.31. The summed E-state index contributed by atoms with van der Waals surface area (Å²) >= 11 is 0. The van der Waals surface area contributed by atoms with Crippen LogP contribution in [0.2, 0.25) is 0 Å². The molecule has 2 amide bonds. The summed E-state index contributed by atoms with van der Waals surface area (Å²) in [6.07, 6.45) is 6.60. The lowest BCUT2D eigenvalue weighted by molar-refractivity contribution is -0.113. The van der Waals surface area contributed by atoms with E-state index in [1.165, 1.54) is 6.08 Å². The van der Waals surface area contributed by atoms with Gasteiger partial charge in [-0.2, -0.15) is 0 Å². The molecule has 4 N–H and O–H groups in total. The third kappa shape index (κ3) is 5.42. The minimum Gasteiger partial charge on any atom is -0.366 e. The molecule has 3 aromatic rings. The van der Waals surface area contributed by atoms with Gasteiger partial charge in [-0.3, -0.25) is 14.4 Å². The Morgan fingerprint density at radius 2 is 1.85 bits per heavy atom. The van der Waals surface area contributed by atoms with Gasteiger partial charge in [-0.1, -0.05) is 49.1 Å². The van der Waals surface area contributed by atoms with Crippen LogP contribution < -0.4 is 11.1 Å².